The summed E-state index contributed by atoms with van der Waals surface area (Å²) in [5, 5.41) is 11.3. The molecule has 7 aromatic rings. The van der Waals surface area contributed by atoms with Crippen LogP contribution in [0.25, 0.3) is 56.1 Å². The van der Waals surface area contributed by atoms with Gasteiger partial charge in [-0.1, -0.05) is 36.4 Å². The monoisotopic (exact) mass is 469 g/mol. The normalized spacial score (nSPS) is 11.3. The van der Waals surface area contributed by atoms with Crippen LogP contribution in [0.15, 0.2) is 102 Å². The molecule has 0 radical (unpaired) electrons. The Balaban J connectivity index is 1.16. The van der Waals surface area contributed by atoms with Crippen molar-refractivity contribution in [3.63, 3.8) is 0 Å². The molecule has 0 aliphatic carbocycles. The van der Waals surface area contributed by atoms with Crippen molar-refractivity contribution in [3.05, 3.63) is 97.5 Å². The highest BCUT2D eigenvalue weighted by molar-refractivity contribution is 5.88. The van der Waals surface area contributed by atoms with Crippen molar-refractivity contribution < 1.29 is 4.42 Å². The molecule has 4 aromatic heterocycles. The smallest absolute Gasteiger partial charge is 0.244 e. The average Bonchev–Trinajstić information content (AvgIpc) is 3.68. The molecule has 3 N–H and O–H groups in total. The molecule has 0 aliphatic rings. The lowest BCUT2D eigenvalue weighted by Gasteiger charge is -2.08. The van der Waals surface area contributed by atoms with E-state index in [2.05, 4.69) is 30.5 Å². The number of nitrogens with one attached hydrogen (secondary N) is 3. The lowest BCUT2D eigenvalue weighted by atomic mass is 10.1. The molecule has 0 unspecified atom stereocenters. The van der Waals surface area contributed by atoms with E-state index in [9.17, 15) is 0 Å². The SMILES string of the molecule is c1ccc2oc(-c3cc4ccc(-c5nccc(Nc6ccc(-c7cn[nH]c7)cc6)n5)cc4[nH]3)nc2c1. The van der Waals surface area contributed by atoms with Crippen molar-refractivity contribution in [1.82, 2.24) is 30.1 Å². The third kappa shape index (κ3) is 3.67. The van der Waals surface area contributed by atoms with E-state index in [-0.39, 0.29) is 0 Å². The Kier molecular flexibility index (Phi) is 4.60. The zero-order chi connectivity index (χ0) is 23.9. The Labute approximate surface area is 205 Å². The Morgan fingerprint density at radius 2 is 1.69 bits per heavy atom. The van der Waals surface area contributed by atoms with E-state index in [0.717, 1.165) is 55.9 Å². The summed E-state index contributed by atoms with van der Waals surface area (Å²) in [5.41, 5.74) is 7.37. The van der Waals surface area contributed by atoms with Gasteiger partial charge in [-0.25, -0.2) is 15.0 Å². The number of H-pyrrole nitrogens is 2. The van der Waals surface area contributed by atoms with Crippen LogP contribution in [0.4, 0.5) is 11.5 Å². The van der Waals surface area contributed by atoms with Gasteiger partial charge in [-0.05, 0) is 48.0 Å². The zero-order valence-electron chi connectivity index (χ0n) is 18.9. The predicted molar refractivity (Wildman–Crippen MR) is 140 cm³/mol. The number of rotatable bonds is 5. The lowest BCUT2D eigenvalue weighted by Crippen LogP contribution is -1.96. The maximum atomic E-state index is 5.92. The number of aromatic amines is 2. The second-order valence-corrected chi connectivity index (χ2v) is 8.43. The van der Waals surface area contributed by atoms with Crippen molar-refractivity contribution in [1.29, 1.82) is 0 Å². The van der Waals surface area contributed by atoms with E-state index in [1.54, 1.807) is 12.4 Å². The minimum atomic E-state index is 0.565. The van der Waals surface area contributed by atoms with E-state index >= 15 is 0 Å². The molecule has 0 bridgehead atoms. The molecule has 0 saturated heterocycles. The molecule has 7 rings (SSSR count). The molecular formula is C28H19N7O. The molecule has 4 heterocycles. The topological polar surface area (TPSA) is 108 Å². The highest BCUT2D eigenvalue weighted by Gasteiger charge is 2.12. The number of benzene rings is 3. The molecule has 3 aromatic carbocycles. The minimum Gasteiger partial charge on any atom is -0.435 e. The molecule has 0 atom stereocenters. The molecule has 8 nitrogen and oxygen atoms in total. The number of anilines is 2. The van der Waals surface area contributed by atoms with Crippen LogP contribution in [0.2, 0.25) is 0 Å². The summed E-state index contributed by atoms with van der Waals surface area (Å²) in [6, 6.07) is 25.9. The summed E-state index contributed by atoms with van der Waals surface area (Å²) in [6.45, 7) is 0. The van der Waals surface area contributed by atoms with E-state index in [1.165, 1.54) is 0 Å². The van der Waals surface area contributed by atoms with Gasteiger partial charge >= 0.3 is 0 Å². The lowest BCUT2D eigenvalue weighted by molar-refractivity contribution is 0.617. The van der Waals surface area contributed by atoms with Crippen LogP contribution < -0.4 is 5.32 Å². The molecule has 0 spiro atoms. The summed E-state index contributed by atoms with van der Waals surface area (Å²) >= 11 is 0. The zero-order valence-corrected chi connectivity index (χ0v) is 18.9. The van der Waals surface area contributed by atoms with Gasteiger partial charge in [-0.15, -0.1) is 0 Å². The van der Waals surface area contributed by atoms with Crippen LogP contribution in [-0.2, 0) is 0 Å². The Morgan fingerprint density at radius 1 is 0.806 bits per heavy atom. The van der Waals surface area contributed by atoms with Crippen molar-refractivity contribution in [2.45, 2.75) is 0 Å². The quantitative estimate of drug-likeness (QED) is 0.263. The van der Waals surface area contributed by atoms with Crippen LogP contribution in [0, 0.1) is 0 Å². The van der Waals surface area contributed by atoms with Crippen molar-refractivity contribution in [3.8, 4) is 34.1 Å². The van der Waals surface area contributed by atoms with Crippen LogP contribution in [-0.4, -0.2) is 30.1 Å². The molecule has 0 amide bonds. The van der Waals surface area contributed by atoms with Gasteiger partial charge < -0.3 is 14.7 Å². The second-order valence-electron chi connectivity index (χ2n) is 8.43. The van der Waals surface area contributed by atoms with Gasteiger partial charge in [0, 0.05) is 40.1 Å². The number of nitrogens with zero attached hydrogens (tertiary/aromatic N) is 4. The van der Waals surface area contributed by atoms with E-state index < -0.39 is 0 Å². The Hall–Kier alpha value is -5.24. The molecule has 36 heavy (non-hydrogen) atoms. The fraction of sp³-hybridized carbons (Fsp3) is 0. The van der Waals surface area contributed by atoms with Crippen LogP contribution in [0.1, 0.15) is 0 Å². The van der Waals surface area contributed by atoms with Gasteiger partial charge in [-0.2, -0.15) is 5.10 Å². The second kappa shape index (κ2) is 8.21. The van der Waals surface area contributed by atoms with Gasteiger partial charge in [0.2, 0.25) is 5.89 Å². The Bertz CT molecular complexity index is 1780. The van der Waals surface area contributed by atoms with E-state index in [4.69, 9.17) is 9.40 Å². The number of para-hydroxylation sites is 2. The van der Waals surface area contributed by atoms with Gasteiger partial charge in [-0.3, -0.25) is 5.10 Å². The average molecular weight is 470 g/mol. The predicted octanol–water partition coefficient (Wildman–Crippen LogP) is 6.57. The Morgan fingerprint density at radius 3 is 2.56 bits per heavy atom. The first-order valence-corrected chi connectivity index (χ1v) is 11.5. The molecule has 172 valence electrons. The number of hydrogen-bond donors (Lipinski definition) is 3. The van der Waals surface area contributed by atoms with Gasteiger partial charge in [0.15, 0.2) is 11.4 Å². The number of aromatic nitrogens is 6. The highest BCUT2D eigenvalue weighted by atomic mass is 16.3. The summed E-state index contributed by atoms with van der Waals surface area (Å²) in [6.07, 6.45) is 5.43. The van der Waals surface area contributed by atoms with Crippen molar-refractivity contribution in [2.24, 2.45) is 0 Å². The summed E-state index contributed by atoms with van der Waals surface area (Å²) < 4.78 is 5.92. The third-order valence-corrected chi connectivity index (χ3v) is 6.05. The van der Waals surface area contributed by atoms with E-state index in [1.807, 2.05) is 85.1 Å². The van der Waals surface area contributed by atoms with Crippen LogP contribution in [0.3, 0.4) is 0 Å². The van der Waals surface area contributed by atoms with E-state index in [0.29, 0.717) is 11.7 Å². The molecular weight excluding hydrogens is 450 g/mol. The first-order chi connectivity index (χ1) is 17.8. The first-order valence-electron chi connectivity index (χ1n) is 11.5. The fourth-order valence-electron chi connectivity index (χ4n) is 4.24. The maximum Gasteiger partial charge on any atom is 0.244 e. The van der Waals surface area contributed by atoms with Gasteiger partial charge in [0.05, 0.1) is 6.20 Å². The standard InChI is InChI=1S/C28H19N7O/c1-2-4-25-22(3-1)34-28(36-25)24-13-18-5-6-19(14-23(18)33-24)27-29-12-11-26(35-27)32-21-9-7-17(8-10-21)20-15-30-31-16-20/h1-16,33H,(H,30,31)(H,29,32,35). The van der Waals surface area contributed by atoms with Crippen molar-refractivity contribution >= 4 is 33.5 Å². The van der Waals surface area contributed by atoms with Gasteiger partial charge in [0.25, 0.3) is 0 Å². The largest absolute Gasteiger partial charge is 0.435 e. The maximum absolute atomic E-state index is 5.92. The minimum absolute atomic E-state index is 0.565. The van der Waals surface area contributed by atoms with Crippen LogP contribution >= 0.6 is 0 Å². The van der Waals surface area contributed by atoms with Crippen LogP contribution in [0.5, 0.6) is 0 Å². The molecule has 0 fully saturated rings. The fourth-order valence-corrected chi connectivity index (χ4v) is 4.24. The number of oxazole rings is 1. The molecule has 0 aliphatic heterocycles. The highest BCUT2D eigenvalue weighted by Crippen LogP contribution is 2.29. The summed E-state index contributed by atoms with van der Waals surface area (Å²) in [7, 11) is 0. The molecule has 0 saturated carbocycles. The van der Waals surface area contributed by atoms with Gasteiger partial charge in [0.1, 0.15) is 17.0 Å². The third-order valence-electron chi connectivity index (χ3n) is 6.05. The summed E-state index contributed by atoms with van der Waals surface area (Å²) in [5.74, 6) is 1.92. The number of hydrogen-bond acceptors (Lipinski definition) is 6. The van der Waals surface area contributed by atoms with Crippen molar-refractivity contribution in [2.75, 3.05) is 5.32 Å². The first kappa shape index (κ1) is 20.2. The summed E-state index contributed by atoms with van der Waals surface area (Å²) in [4.78, 5) is 17.2. The number of fused-ring (bicyclic) bond motifs is 2. The molecule has 8 heteroatoms.